The molecule has 0 aromatic carbocycles. The summed E-state index contributed by atoms with van der Waals surface area (Å²) in [5.41, 5.74) is 6.99. The van der Waals surface area contributed by atoms with Gasteiger partial charge >= 0.3 is 0 Å². The van der Waals surface area contributed by atoms with Crippen LogP contribution in [0.15, 0.2) is 71.8 Å². The third kappa shape index (κ3) is 13.0. The molecular formula is C36H52ClFN6O4. The SMILES string of the molecule is C=C(Oc1cc(-c2cnc(NCC(C)(C)CC(C)(C)CC(C=O)NC)nc2)cnc1N)C(/C(Cl)=C/F)=C(O)/C=C\C.COC1CCCC1. The van der Waals surface area contributed by atoms with Crippen molar-refractivity contribution in [3.8, 4) is 16.9 Å². The first-order chi connectivity index (χ1) is 22.7. The minimum absolute atomic E-state index is 0.0484. The van der Waals surface area contributed by atoms with E-state index >= 15 is 0 Å². The molecule has 2 heterocycles. The number of halogens is 2. The van der Waals surface area contributed by atoms with Crippen molar-refractivity contribution in [1.82, 2.24) is 20.3 Å². The fourth-order valence-electron chi connectivity index (χ4n) is 5.83. The second-order valence-corrected chi connectivity index (χ2v) is 13.8. The molecule has 1 aliphatic carbocycles. The number of anilines is 2. The van der Waals surface area contributed by atoms with Crippen molar-refractivity contribution < 1.29 is 23.8 Å². The van der Waals surface area contributed by atoms with Crippen LogP contribution in [0.4, 0.5) is 16.2 Å². The van der Waals surface area contributed by atoms with Gasteiger partial charge < -0.3 is 35.7 Å². The average Bonchev–Trinajstić information content (AvgIpc) is 3.58. The summed E-state index contributed by atoms with van der Waals surface area (Å²) >= 11 is 5.93. The standard InChI is InChI=1S/C30H40ClFN6O3.C6H12O/c1-8-9-24(40)26(23(31)12-32)19(2)41-25-10-20(13-35-27(25)33)21-14-36-28(37-15-21)38-18-30(5,6)17-29(3,4)11-22(16-39)34-7;1-7-6-4-2-3-5-6/h8-10,12-16,22,34,40H,2,11,17-18H2,1,3-7H3,(H2,33,35)(H,36,37,38);6H,2-5H2,1H3/b9-8-,23-12-,26-24+;. The number of pyridine rings is 1. The number of allylic oxidation sites excluding steroid dienone is 3. The van der Waals surface area contributed by atoms with Crippen molar-refractivity contribution in [2.24, 2.45) is 10.8 Å². The van der Waals surface area contributed by atoms with Gasteiger partial charge in [-0.1, -0.05) is 64.8 Å². The lowest BCUT2D eigenvalue weighted by atomic mass is 9.72. The molecule has 1 unspecified atom stereocenters. The Morgan fingerprint density at radius 2 is 1.79 bits per heavy atom. The van der Waals surface area contributed by atoms with Crippen LogP contribution in [0, 0.1) is 10.8 Å². The molecule has 2 aromatic heterocycles. The molecule has 12 heteroatoms. The molecule has 48 heavy (non-hydrogen) atoms. The van der Waals surface area contributed by atoms with Crippen LogP contribution < -0.4 is 21.1 Å². The molecular weight excluding hydrogens is 635 g/mol. The van der Waals surface area contributed by atoms with Crippen molar-refractivity contribution >= 4 is 29.7 Å². The summed E-state index contributed by atoms with van der Waals surface area (Å²) in [6.07, 6.45) is 16.3. The minimum Gasteiger partial charge on any atom is -0.507 e. The summed E-state index contributed by atoms with van der Waals surface area (Å²) in [4.78, 5) is 24.3. The number of ether oxygens (including phenoxy) is 2. The van der Waals surface area contributed by atoms with Crippen LogP contribution in [0.25, 0.3) is 11.1 Å². The Hall–Kier alpha value is -3.80. The van der Waals surface area contributed by atoms with Crippen LogP contribution in [-0.2, 0) is 9.53 Å². The van der Waals surface area contributed by atoms with Gasteiger partial charge in [0.15, 0.2) is 11.6 Å². The van der Waals surface area contributed by atoms with E-state index in [9.17, 15) is 14.3 Å². The van der Waals surface area contributed by atoms with Crippen LogP contribution in [0.5, 0.6) is 5.75 Å². The molecule has 1 atom stereocenters. The van der Waals surface area contributed by atoms with Crippen molar-refractivity contribution in [2.45, 2.75) is 85.3 Å². The van der Waals surface area contributed by atoms with Crippen molar-refractivity contribution in [3.63, 3.8) is 0 Å². The molecule has 264 valence electrons. The van der Waals surface area contributed by atoms with Gasteiger partial charge in [-0.3, -0.25) is 0 Å². The topological polar surface area (TPSA) is 145 Å². The molecule has 3 rings (SSSR count). The number of hydrogen-bond acceptors (Lipinski definition) is 10. The zero-order valence-corrected chi connectivity index (χ0v) is 30.0. The lowest BCUT2D eigenvalue weighted by Crippen LogP contribution is -2.36. The van der Waals surface area contributed by atoms with Gasteiger partial charge in [-0.15, -0.1) is 0 Å². The number of aldehydes is 1. The van der Waals surface area contributed by atoms with Gasteiger partial charge in [0.25, 0.3) is 0 Å². The number of likely N-dealkylation sites (N-methyl/N-ethyl adjacent to an activating group) is 1. The molecule has 1 fully saturated rings. The predicted octanol–water partition coefficient (Wildman–Crippen LogP) is 8.06. The maximum atomic E-state index is 13.2. The number of aliphatic hydroxyl groups is 1. The molecule has 0 bridgehead atoms. The number of methoxy groups -OCH3 is 1. The van der Waals surface area contributed by atoms with E-state index in [4.69, 9.17) is 26.8 Å². The van der Waals surface area contributed by atoms with Gasteiger partial charge in [-0.05, 0) is 62.6 Å². The summed E-state index contributed by atoms with van der Waals surface area (Å²) in [6.45, 7) is 14.7. The van der Waals surface area contributed by atoms with Crippen molar-refractivity contribution in [3.05, 3.63) is 71.8 Å². The highest BCUT2D eigenvalue weighted by molar-refractivity contribution is 6.32. The van der Waals surface area contributed by atoms with Crippen LogP contribution in [0.2, 0.25) is 0 Å². The number of nitrogen functional groups attached to an aromatic ring is 1. The first-order valence-electron chi connectivity index (χ1n) is 16.1. The van der Waals surface area contributed by atoms with Gasteiger partial charge in [0.05, 0.1) is 22.8 Å². The van der Waals surface area contributed by atoms with Crippen LogP contribution in [0.3, 0.4) is 0 Å². The van der Waals surface area contributed by atoms with Gasteiger partial charge in [-0.2, -0.15) is 0 Å². The second kappa shape index (κ2) is 19.3. The molecule has 0 amide bonds. The number of nitrogens with zero attached hydrogens (tertiary/aromatic N) is 3. The Bertz CT molecular complexity index is 1440. The summed E-state index contributed by atoms with van der Waals surface area (Å²) in [5, 5.41) is 16.2. The van der Waals surface area contributed by atoms with E-state index in [0.717, 1.165) is 19.1 Å². The summed E-state index contributed by atoms with van der Waals surface area (Å²) < 4.78 is 24.0. The highest BCUT2D eigenvalue weighted by Crippen LogP contribution is 2.37. The Morgan fingerprint density at radius 3 is 2.31 bits per heavy atom. The molecule has 0 aliphatic heterocycles. The highest BCUT2D eigenvalue weighted by atomic mass is 35.5. The Labute approximate surface area is 289 Å². The van der Waals surface area contributed by atoms with Crippen LogP contribution >= 0.6 is 11.6 Å². The largest absolute Gasteiger partial charge is 0.507 e. The lowest BCUT2D eigenvalue weighted by Gasteiger charge is -2.36. The number of rotatable bonds is 16. The first-order valence-corrected chi connectivity index (χ1v) is 16.4. The zero-order chi connectivity index (χ0) is 35.9. The number of hydrogen-bond donors (Lipinski definition) is 4. The number of carbonyl (C=O) groups is 1. The number of aromatic nitrogens is 3. The van der Waals surface area contributed by atoms with Crippen molar-refractivity contribution in [2.75, 3.05) is 31.8 Å². The molecule has 1 saturated carbocycles. The van der Waals surface area contributed by atoms with E-state index in [1.807, 2.05) is 0 Å². The van der Waals surface area contributed by atoms with E-state index in [-0.39, 0.29) is 56.9 Å². The van der Waals surface area contributed by atoms with Crippen LogP contribution in [-0.4, -0.2) is 59.2 Å². The third-order valence-electron chi connectivity index (χ3n) is 7.92. The maximum Gasteiger partial charge on any atom is 0.222 e. The zero-order valence-electron chi connectivity index (χ0n) is 29.3. The normalized spacial score (nSPS) is 15.4. The number of nitrogens with two attached hydrogens (primary N) is 1. The monoisotopic (exact) mass is 686 g/mol. The van der Waals surface area contributed by atoms with E-state index in [1.54, 1.807) is 51.8 Å². The predicted molar refractivity (Wildman–Crippen MR) is 192 cm³/mol. The highest BCUT2D eigenvalue weighted by Gasteiger charge is 2.31. The summed E-state index contributed by atoms with van der Waals surface area (Å²) in [7, 11) is 3.59. The quantitative estimate of drug-likeness (QED) is 0.0777. The van der Waals surface area contributed by atoms with Gasteiger partial charge in [-0.25, -0.2) is 19.3 Å². The average molecular weight is 687 g/mol. The van der Waals surface area contributed by atoms with Gasteiger partial charge in [0, 0.05) is 43.4 Å². The van der Waals surface area contributed by atoms with Gasteiger partial charge in [0.1, 0.15) is 24.1 Å². The second-order valence-electron chi connectivity index (χ2n) is 13.4. The van der Waals surface area contributed by atoms with E-state index < -0.39 is 0 Å². The summed E-state index contributed by atoms with van der Waals surface area (Å²) in [6, 6.07) is 1.43. The van der Waals surface area contributed by atoms with Crippen LogP contribution in [0.1, 0.15) is 73.1 Å². The maximum absolute atomic E-state index is 13.2. The van der Waals surface area contributed by atoms with E-state index in [0.29, 0.717) is 29.7 Å². The molecule has 10 nitrogen and oxygen atoms in total. The fraction of sp³-hybridized carbons (Fsp3) is 0.500. The third-order valence-corrected chi connectivity index (χ3v) is 8.19. The molecule has 2 aromatic rings. The lowest BCUT2D eigenvalue weighted by molar-refractivity contribution is -0.110. The Balaban J connectivity index is 0.00000101. The fourth-order valence-corrected chi connectivity index (χ4v) is 6.03. The molecule has 0 saturated heterocycles. The van der Waals surface area contributed by atoms with Crippen molar-refractivity contribution in [1.29, 1.82) is 0 Å². The van der Waals surface area contributed by atoms with Gasteiger partial charge in [0.2, 0.25) is 5.95 Å². The molecule has 0 spiro atoms. The Morgan fingerprint density at radius 1 is 1.17 bits per heavy atom. The number of aliphatic hydroxyl groups excluding tert-OH is 1. The Kier molecular flexibility index (Phi) is 16.2. The molecule has 5 N–H and O–H groups in total. The first kappa shape index (κ1) is 40.4. The number of carbonyl (C=O) groups excluding carboxylic acids is 1. The number of nitrogens with one attached hydrogen (secondary N) is 2. The molecule has 1 aliphatic rings. The van der Waals surface area contributed by atoms with E-state index in [1.165, 1.54) is 31.8 Å². The minimum atomic E-state index is -0.389. The smallest absolute Gasteiger partial charge is 0.222 e. The summed E-state index contributed by atoms with van der Waals surface area (Å²) in [5.74, 6) is 0.197. The van der Waals surface area contributed by atoms with E-state index in [2.05, 4.69) is 59.9 Å². The molecule has 0 radical (unpaired) electrons.